The SMILES string of the molecule is COc1ccc(/C=N/Nc2ccc(OC)c(Cl)c2)c(OC)c1. The molecule has 0 saturated carbocycles. The molecule has 2 aromatic rings. The van der Waals surface area contributed by atoms with Crippen molar-refractivity contribution >= 4 is 23.5 Å². The van der Waals surface area contributed by atoms with Gasteiger partial charge in [0.05, 0.1) is 38.3 Å². The van der Waals surface area contributed by atoms with Crippen molar-refractivity contribution in [3.8, 4) is 17.2 Å². The Morgan fingerprint density at radius 3 is 2.36 bits per heavy atom. The highest BCUT2D eigenvalue weighted by Gasteiger charge is 2.03. The van der Waals surface area contributed by atoms with Crippen LogP contribution in [0.5, 0.6) is 17.2 Å². The number of methoxy groups -OCH3 is 3. The zero-order valence-electron chi connectivity index (χ0n) is 12.6. The normalized spacial score (nSPS) is 10.5. The molecule has 0 radical (unpaired) electrons. The Bertz CT molecular complexity index is 674. The lowest BCUT2D eigenvalue weighted by Crippen LogP contribution is -1.95. The van der Waals surface area contributed by atoms with E-state index in [4.69, 9.17) is 25.8 Å². The van der Waals surface area contributed by atoms with Crippen LogP contribution in [0.25, 0.3) is 0 Å². The molecular formula is C16H17ClN2O3. The first-order chi connectivity index (χ1) is 10.7. The molecule has 0 bridgehead atoms. The van der Waals surface area contributed by atoms with Gasteiger partial charge in [-0.05, 0) is 30.3 Å². The predicted octanol–water partition coefficient (Wildman–Crippen LogP) is 3.81. The number of nitrogens with one attached hydrogen (secondary N) is 1. The van der Waals surface area contributed by atoms with Gasteiger partial charge in [-0.15, -0.1) is 0 Å². The Kier molecular flexibility index (Phi) is 5.49. The minimum atomic E-state index is 0.518. The van der Waals surface area contributed by atoms with Crippen LogP contribution in [-0.4, -0.2) is 27.5 Å². The fourth-order valence-electron chi connectivity index (χ4n) is 1.84. The molecule has 6 heteroatoms. The van der Waals surface area contributed by atoms with E-state index in [9.17, 15) is 0 Å². The molecule has 0 spiro atoms. The molecule has 5 nitrogen and oxygen atoms in total. The topological polar surface area (TPSA) is 52.1 Å². The fourth-order valence-corrected chi connectivity index (χ4v) is 2.10. The first-order valence-electron chi connectivity index (χ1n) is 6.52. The highest BCUT2D eigenvalue weighted by atomic mass is 35.5. The fraction of sp³-hybridized carbons (Fsp3) is 0.188. The zero-order chi connectivity index (χ0) is 15.9. The molecule has 22 heavy (non-hydrogen) atoms. The summed E-state index contributed by atoms with van der Waals surface area (Å²) in [5.41, 5.74) is 4.50. The summed E-state index contributed by atoms with van der Waals surface area (Å²) >= 11 is 6.06. The van der Waals surface area contributed by atoms with Crippen molar-refractivity contribution in [3.63, 3.8) is 0 Å². The third-order valence-corrected chi connectivity index (χ3v) is 3.29. The third-order valence-electron chi connectivity index (χ3n) is 2.99. The van der Waals surface area contributed by atoms with Gasteiger partial charge in [0.15, 0.2) is 0 Å². The second kappa shape index (κ2) is 7.56. The molecule has 0 heterocycles. The van der Waals surface area contributed by atoms with Crippen molar-refractivity contribution in [2.75, 3.05) is 26.8 Å². The quantitative estimate of drug-likeness (QED) is 0.649. The van der Waals surface area contributed by atoms with E-state index in [1.165, 1.54) is 0 Å². The maximum absolute atomic E-state index is 6.06. The number of ether oxygens (including phenoxy) is 3. The molecule has 2 rings (SSSR count). The molecule has 1 N–H and O–H groups in total. The molecule has 2 aromatic carbocycles. The molecule has 0 aliphatic carbocycles. The van der Waals surface area contributed by atoms with E-state index in [1.807, 2.05) is 18.2 Å². The molecule has 0 atom stereocenters. The average molecular weight is 321 g/mol. The summed E-state index contributed by atoms with van der Waals surface area (Å²) in [7, 11) is 4.78. The molecule has 0 aromatic heterocycles. The van der Waals surface area contributed by atoms with Gasteiger partial charge in [0.25, 0.3) is 0 Å². The number of rotatable bonds is 6. The minimum absolute atomic E-state index is 0.518. The zero-order valence-corrected chi connectivity index (χ0v) is 13.3. The van der Waals surface area contributed by atoms with Gasteiger partial charge in [-0.1, -0.05) is 11.6 Å². The Morgan fingerprint density at radius 2 is 1.73 bits per heavy atom. The van der Waals surface area contributed by atoms with E-state index in [0.29, 0.717) is 16.5 Å². The van der Waals surface area contributed by atoms with Gasteiger partial charge < -0.3 is 14.2 Å². The van der Waals surface area contributed by atoms with Crippen molar-refractivity contribution < 1.29 is 14.2 Å². The second-order valence-electron chi connectivity index (χ2n) is 4.33. The Labute approximate surface area is 134 Å². The maximum atomic E-state index is 6.06. The monoisotopic (exact) mass is 320 g/mol. The van der Waals surface area contributed by atoms with Crippen LogP contribution in [0.1, 0.15) is 5.56 Å². The first-order valence-corrected chi connectivity index (χ1v) is 6.90. The summed E-state index contributed by atoms with van der Waals surface area (Å²) in [4.78, 5) is 0. The van der Waals surface area contributed by atoms with Gasteiger partial charge in [-0.25, -0.2) is 0 Å². The van der Waals surface area contributed by atoms with E-state index in [2.05, 4.69) is 10.5 Å². The van der Waals surface area contributed by atoms with Gasteiger partial charge in [0.1, 0.15) is 17.2 Å². The standard InChI is InChI=1S/C16H17ClN2O3/c1-20-13-6-4-11(16(9-13)22-3)10-18-19-12-5-7-15(21-2)14(17)8-12/h4-10,19H,1-3H3/b18-10+. The molecule has 0 saturated heterocycles. The lowest BCUT2D eigenvalue weighted by Gasteiger charge is -2.07. The second-order valence-corrected chi connectivity index (χ2v) is 4.73. The highest BCUT2D eigenvalue weighted by molar-refractivity contribution is 6.32. The lowest BCUT2D eigenvalue weighted by molar-refractivity contribution is 0.394. The Balaban J connectivity index is 2.11. The third kappa shape index (κ3) is 3.83. The number of benzene rings is 2. The van der Waals surface area contributed by atoms with E-state index in [1.54, 1.807) is 45.7 Å². The molecule has 116 valence electrons. The number of hydrogen-bond donors (Lipinski definition) is 1. The van der Waals surface area contributed by atoms with Gasteiger partial charge in [0, 0.05) is 11.6 Å². The summed E-state index contributed by atoms with van der Waals surface area (Å²) in [6, 6.07) is 10.8. The number of hydrazone groups is 1. The van der Waals surface area contributed by atoms with Crippen LogP contribution in [0.3, 0.4) is 0 Å². The summed E-state index contributed by atoms with van der Waals surface area (Å²) in [6.45, 7) is 0. The minimum Gasteiger partial charge on any atom is -0.497 e. The van der Waals surface area contributed by atoms with Gasteiger partial charge >= 0.3 is 0 Å². The lowest BCUT2D eigenvalue weighted by atomic mass is 10.2. The largest absolute Gasteiger partial charge is 0.497 e. The summed E-state index contributed by atoms with van der Waals surface area (Å²) in [5, 5.41) is 4.70. The molecule has 0 amide bonds. The first kappa shape index (κ1) is 16.0. The molecule has 0 aliphatic rings. The number of anilines is 1. The number of nitrogens with zero attached hydrogens (tertiary/aromatic N) is 1. The highest BCUT2D eigenvalue weighted by Crippen LogP contribution is 2.27. The maximum Gasteiger partial charge on any atom is 0.137 e. The average Bonchev–Trinajstić information content (AvgIpc) is 2.55. The van der Waals surface area contributed by atoms with Crippen LogP contribution in [-0.2, 0) is 0 Å². The van der Waals surface area contributed by atoms with Crippen LogP contribution >= 0.6 is 11.6 Å². The van der Waals surface area contributed by atoms with Crippen molar-refractivity contribution in [2.24, 2.45) is 5.10 Å². The van der Waals surface area contributed by atoms with E-state index >= 15 is 0 Å². The predicted molar refractivity (Wildman–Crippen MR) is 88.8 cm³/mol. The van der Waals surface area contributed by atoms with Crippen LogP contribution in [0.4, 0.5) is 5.69 Å². The van der Waals surface area contributed by atoms with E-state index in [0.717, 1.165) is 17.0 Å². The van der Waals surface area contributed by atoms with Crippen LogP contribution in [0.15, 0.2) is 41.5 Å². The smallest absolute Gasteiger partial charge is 0.137 e. The Hall–Kier alpha value is -2.40. The molecule has 0 unspecified atom stereocenters. The van der Waals surface area contributed by atoms with Gasteiger partial charge in [-0.3, -0.25) is 5.43 Å². The number of hydrogen-bond acceptors (Lipinski definition) is 5. The van der Waals surface area contributed by atoms with Crippen molar-refractivity contribution in [3.05, 3.63) is 47.0 Å². The van der Waals surface area contributed by atoms with Crippen LogP contribution in [0.2, 0.25) is 5.02 Å². The number of halogens is 1. The van der Waals surface area contributed by atoms with Gasteiger partial charge in [-0.2, -0.15) is 5.10 Å². The molecule has 0 aliphatic heterocycles. The summed E-state index contributed by atoms with van der Waals surface area (Å²) < 4.78 is 15.6. The van der Waals surface area contributed by atoms with Crippen molar-refractivity contribution in [1.29, 1.82) is 0 Å². The van der Waals surface area contributed by atoms with Crippen molar-refractivity contribution in [2.45, 2.75) is 0 Å². The molecular weight excluding hydrogens is 304 g/mol. The van der Waals surface area contributed by atoms with Gasteiger partial charge in [0.2, 0.25) is 0 Å². The van der Waals surface area contributed by atoms with E-state index in [-0.39, 0.29) is 0 Å². The van der Waals surface area contributed by atoms with Crippen LogP contribution in [0, 0.1) is 0 Å². The summed E-state index contributed by atoms with van der Waals surface area (Å²) in [6.07, 6.45) is 1.66. The molecule has 0 fully saturated rings. The van der Waals surface area contributed by atoms with Crippen LogP contribution < -0.4 is 19.6 Å². The van der Waals surface area contributed by atoms with E-state index < -0.39 is 0 Å². The summed E-state index contributed by atoms with van der Waals surface area (Å²) in [5.74, 6) is 2.02. The Morgan fingerprint density at radius 1 is 0.955 bits per heavy atom. The van der Waals surface area contributed by atoms with Crippen molar-refractivity contribution in [1.82, 2.24) is 0 Å².